The minimum Gasteiger partial charge on any atom is -0.350 e. The van der Waals surface area contributed by atoms with Crippen molar-refractivity contribution in [3.63, 3.8) is 0 Å². The van der Waals surface area contributed by atoms with Crippen molar-refractivity contribution < 1.29 is 9.18 Å². The molecule has 2 aromatic rings. The highest BCUT2D eigenvalue weighted by Crippen LogP contribution is 2.26. The molecule has 1 aliphatic heterocycles. The molecule has 3 rings (SSSR count). The maximum Gasteiger partial charge on any atom is 0.261 e. The number of rotatable bonds is 4. The quantitative estimate of drug-likeness (QED) is 0.893. The van der Waals surface area contributed by atoms with Gasteiger partial charge in [-0.2, -0.15) is 0 Å². The summed E-state index contributed by atoms with van der Waals surface area (Å²) >= 11 is 1.40. The first-order valence-corrected chi connectivity index (χ1v) is 7.94. The Labute approximate surface area is 139 Å². The number of thiophene rings is 1. The average molecular weight is 344 g/mol. The van der Waals surface area contributed by atoms with Crippen molar-refractivity contribution in [3.8, 4) is 0 Å². The molecule has 1 aromatic carbocycles. The molecule has 2 N–H and O–H groups in total. The van der Waals surface area contributed by atoms with Gasteiger partial charge >= 0.3 is 0 Å². The van der Waals surface area contributed by atoms with E-state index in [1.165, 1.54) is 23.5 Å². The van der Waals surface area contributed by atoms with Gasteiger partial charge < -0.3 is 10.6 Å². The second kappa shape index (κ2) is 7.87. The van der Waals surface area contributed by atoms with Crippen LogP contribution in [0.2, 0.25) is 0 Å². The molecule has 0 bridgehead atoms. The number of fused-ring (bicyclic) bond motifs is 1. The lowest BCUT2D eigenvalue weighted by atomic mass is 10.2. The van der Waals surface area contributed by atoms with Crippen LogP contribution in [0.15, 0.2) is 24.3 Å². The van der Waals surface area contributed by atoms with Gasteiger partial charge in [-0.3, -0.25) is 9.69 Å². The van der Waals surface area contributed by atoms with E-state index in [2.05, 4.69) is 15.5 Å². The SMILES string of the molecule is Cl.O=C(NCCN1CCNCC1)c1cc2cc(F)ccc2s1. The van der Waals surface area contributed by atoms with Gasteiger partial charge in [-0.1, -0.05) is 0 Å². The highest BCUT2D eigenvalue weighted by Gasteiger charge is 2.12. The van der Waals surface area contributed by atoms with Crippen LogP contribution in [0.25, 0.3) is 10.1 Å². The molecule has 22 heavy (non-hydrogen) atoms. The fourth-order valence-electron chi connectivity index (χ4n) is 2.48. The van der Waals surface area contributed by atoms with Gasteiger partial charge in [-0.05, 0) is 29.7 Å². The van der Waals surface area contributed by atoms with Crippen LogP contribution in [0.5, 0.6) is 0 Å². The molecular weight excluding hydrogens is 325 g/mol. The van der Waals surface area contributed by atoms with E-state index in [0.29, 0.717) is 11.4 Å². The van der Waals surface area contributed by atoms with Gasteiger partial charge in [0.1, 0.15) is 5.82 Å². The monoisotopic (exact) mass is 343 g/mol. The number of hydrogen-bond donors (Lipinski definition) is 2. The Morgan fingerprint density at radius 2 is 2.09 bits per heavy atom. The van der Waals surface area contributed by atoms with Crippen LogP contribution < -0.4 is 10.6 Å². The van der Waals surface area contributed by atoms with Gasteiger partial charge in [0, 0.05) is 44.0 Å². The van der Waals surface area contributed by atoms with E-state index in [0.717, 1.165) is 42.8 Å². The zero-order valence-corrected chi connectivity index (χ0v) is 13.7. The Bertz CT molecular complexity index is 643. The van der Waals surface area contributed by atoms with E-state index in [1.807, 2.05) is 0 Å². The molecule has 0 unspecified atom stereocenters. The second-order valence-electron chi connectivity index (χ2n) is 5.14. The molecule has 0 atom stereocenters. The molecule has 1 saturated heterocycles. The number of carbonyl (C=O) groups excluding carboxylic acids is 1. The zero-order valence-electron chi connectivity index (χ0n) is 12.1. The molecule has 1 amide bonds. The molecule has 0 radical (unpaired) electrons. The van der Waals surface area contributed by atoms with Crippen LogP contribution in [0.1, 0.15) is 9.67 Å². The Hall–Kier alpha value is -1.21. The zero-order chi connectivity index (χ0) is 14.7. The molecule has 7 heteroatoms. The summed E-state index contributed by atoms with van der Waals surface area (Å²) in [6.45, 7) is 5.58. The van der Waals surface area contributed by atoms with Gasteiger partial charge in [0.2, 0.25) is 0 Å². The number of benzene rings is 1. The highest BCUT2D eigenvalue weighted by molar-refractivity contribution is 7.20. The number of halogens is 2. The third kappa shape index (κ3) is 4.16. The van der Waals surface area contributed by atoms with Gasteiger partial charge in [0.25, 0.3) is 5.91 Å². The molecule has 1 fully saturated rings. The lowest BCUT2D eigenvalue weighted by molar-refractivity contribution is 0.0951. The van der Waals surface area contributed by atoms with E-state index < -0.39 is 0 Å². The summed E-state index contributed by atoms with van der Waals surface area (Å²) in [5, 5.41) is 7.02. The highest BCUT2D eigenvalue weighted by atomic mass is 35.5. The first-order valence-electron chi connectivity index (χ1n) is 7.13. The second-order valence-corrected chi connectivity index (χ2v) is 6.22. The summed E-state index contributed by atoms with van der Waals surface area (Å²) in [6.07, 6.45) is 0. The van der Waals surface area contributed by atoms with Crippen molar-refractivity contribution in [2.24, 2.45) is 0 Å². The molecular formula is C15H19ClFN3OS. The minimum absolute atomic E-state index is 0. The summed E-state index contributed by atoms with van der Waals surface area (Å²) in [7, 11) is 0. The third-order valence-corrected chi connectivity index (χ3v) is 4.74. The standard InChI is InChI=1S/C15H18FN3OS.ClH/c16-12-1-2-13-11(9-12)10-14(21-13)15(20)18-5-8-19-6-3-17-4-7-19;/h1-2,9-10,17H,3-8H2,(H,18,20);1H. The van der Waals surface area contributed by atoms with Gasteiger partial charge in [-0.15, -0.1) is 23.7 Å². The van der Waals surface area contributed by atoms with E-state index in [9.17, 15) is 9.18 Å². The predicted octanol–water partition coefficient (Wildman–Crippen LogP) is 2.10. The molecule has 120 valence electrons. The maximum atomic E-state index is 13.1. The molecule has 2 heterocycles. The topological polar surface area (TPSA) is 44.4 Å². The molecule has 1 aromatic heterocycles. The van der Waals surface area contributed by atoms with Crippen LogP contribution in [0, 0.1) is 5.82 Å². The number of amides is 1. The third-order valence-electron chi connectivity index (χ3n) is 3.63. The summed E-state index contributed by atoms with van der Waals surface area (Å²) in [5.74, 6) is -0.349. The van der Waals surface area contributed by atoms with Crippen LogP contribution in [0.3, 0.4) is 0 Å². The summed E-state index contributed by atoms with van der Waals surface area (Å²) in [5.41, 5.74) is 0. The molecule has 0 spiro atoms. The van der Waals surface area contributed by atoms with Crippen LogP contribution >= 0.6 is 23.7 Å². The van der Waals surface area contributed by atoms with Gasteiger partial charge in [-0.25, -0.2) is 4.39 Å². The first kappa shape index (κ1) is 17.1. The summed E-state index contributed by atoms with van der Waals surface area (Å²) in [6, 6.07) is 6.35. The lowest BCUT2D eigenvalue weighted by Gasteiger charge is -2.26. The van der Waals surface area contributed by atoms with Crippen molar-refractivity contribution >= 4 is 39.7 Å². The fourth-order valence-corrected chi connectivity index (χ4v) is 3.43. The first-order chi connectivity index (χ1) is 10.2. The Morgan fingerprint density at radius 3 is 2.86 bits per heavy atom. The van der Waals surface area contributed by atoms with Crippen molar-refractivity contribution in [2.45, 2.75) is 0 Å². The van der Waals surface area contributed by atoms with Gasteiger partial charge in [0.05, 0.1) is 4.88 Å². The van der Waals surface area contributed by atoms with E-state index in [1.54, 1.807) is 12.1 Å². The number of carbonyl (C=O) groups is 1. The van der Waals surface area contributed by atoms with E-state index >= 15 is 0 Å². The Morgan fingerprint density at radius 1 is 1.32 bits per heavy atom. The normalized spacial score (nSPS) is 15.5. The number of nitrogens with zero attached hydrogens (tertiary/aromatic N) is 1. The smallest absolute Gasteiger partial charge is 0.261 e. The number of nitrogens with one attached hydrogen (secondary N) is 2. The van der Waals surface area contributed by atoms with Crippen molar-refractivity contribution in [3.05, 3.63) is 35.0 Å². The lowest BCUT2D eigenvalue weighted by Crippen LogP contribution is -2.46. The number of hydrogen-bond acceptors (Lipinski definition) is 4. The molecule has 0 aliphatic carbocycles. The number of piperazine rings is 1. The Balaban J connectivity index is 0.00000176. The summed E-state index contributed by atoms with van der Waals surface area (Å²) in [4.78, 5) is 15.1. The Kier molecular flexibility index (Phi) is 6.14. The molecule has 0 saturated carbocycles. The maximum absolute atomic E-state index is 13.1. The van der Waals surface area contributed by atoms with E-state index in [-0.39, 0.29) is 24.1 Å². The van der Waals surface area contributed by atoms with E-state index in [4.69, 9.17) is 0 Å². The molecule has 1 aliphatic rings. The minimum atomic E-state index is -0.272. The fraction of sp³-hybridized carbons (Fsp3) is 0.400. The predicted molar refractivity (Wildman–Crippen MR) is 90.7 cm³/mol. The van der Waals surface area contributed by atoms with Crippen LogP contribution in [0.4, 0.5) is 4.39 Å². The van der Waals surface area contributed by atoms with Crippen molar-refractivity contribution in [2.75, 3.05) is 39.3 Å². The van der Waals surface area contributed by atoms with Crippen molar-refractivity contribution in [1.29, 1.82) is 0 Å². The summed E-state index contributed by atoms with van der Waals surface area (Å²) < 4.78 is 14.1. The van der Waals surface area contributed by atoms with Crippen molar-refractivity contribution in [1.82, 2.24) is 15.5 Å². The molecule has 4 nitrogen and oxygen atoms in total. The average Bonchev–Trinajstić information content (AvgIpc) is 2.91. The van der Waals surface area contributed by atoms with Crippen LogP contribution in [-0.4, -0.2) is 50.1 Å². The largest absolute Gasteiger partial charge is 0.350 e. The van der Waals surface area contributed by atoms with Gasteiger partial charge in [0.15, 0.2) is 0 Å². The van der Waals surface area contributed by atoms with Crippen LogP contribution in [-0.2, 0) is 0 Å².